The van der Waals surface area contributed by atoms with Gasteiger partial charge in [0.2, 0.25) is 5.91 Å². The van der Waals surface area contributed by atoms with Crippen LogP contribution in [0.25, 0.3) is 0 Å². The van der Waals surface area contributed by atoms with E-state index in [2.05, 4.69) is 15.4 Å². The first kappa shape index (κ1) is 22.9. The maximum Gasteiger partial charge on any atom is 0.408 e. The molecule has 2 amide bonds. The van der Waals surface area contributed by atoms with Gasteiger partial charge in [-0.1, -0.05) is 60.7 Å². The number of carbonyl (C=O) groups excluding carboxylic acids is 3. The average Bonchev–Trinajstić information content (AvgIpc) is 2.76. The van der Waals surface area contributed by atoms with E-state index in [-0.39, 0.29) is 13.0 Å². The van der Waals surface area contributed by atoms with Crippen molar-refractivity contribution in [3.8, 4) is 0 Å². The monoisotopic (exact) mass is 414 g/mol. The first-order chi connectivity index (χ1) is 14.4. The van der Waals surface area contributed by atoms with Gasteiger partial charge in [0.05, 0.1) is 13.2 Å². The molecule has 0 aliphatic carbocycles. The van der Waals surface area contributed by atoms with Gasteiger partial charge in [0, 0.05) is 6.42 Å². The normalized spacial score (nSPS) is 13.4. The average molecular weight is 414 g/mol. The summed E-state index contributed by atoms with van der Waals surface area (Å²) in [6, 6.07) is 15.9. The van der Waals surface area contributed by atoms with Crippen molar-refractivity contribution >= 4 is 18.0 Å². The predicted octanol–water partition coefficient (Wildman–Crippen LogP) is 1.56. The van der Waals surface area contributed by atoms with Gasteiger partial charge in [-0.3, -0.25) is 4.79 Å². The van der Waals surface area contributed by atoms with Gasteiger partial charge >= 0.3 is 12.1 Å². The molecular formula is C22H26N2O6. The Morgan fingerprint density at radius 3 is 2.03 bits per heavy atom. The number of carbonyl (C=O) groups is 3. The van der Waals surface area contributed by atoms with Gasteiger partial charge in [0.25, 0.3) is 0 Å². The number of aliphatic hydroxyl groups is 1. The highest BCUT2D eigenvalue weighted by Gasteiger charge is 2.30. The lowest BCUT2D eigenvalue weighted by Crippen LogP contribution is -2.55. The summed E-state index contributed by atoms with van der Waals surface area (Å²) in [5, 5.41) is 14.8. The van der Waals surface area contributed by atoms with Gasteiger partial charge in [-0.05, 0) is 18.1 Å². The summed E-state index contributed by atoms with van der Waals surface area (Å²) in [5.41, 5.74) is 1.60. The molecule has 8 nitrogen and oxygen atoms in total. The fraction of sp³-hybridized carbons (Fsp3) is 0.318. The molecule has 0 unspecified atom stereocenters. The molecule has 0 heterocycles. The van der Waals surface area contributed by atoms with Crippen LogP contribution in [0.1, 0.15) is 18.1 Å². The largest absolute Gasteiger partial charge is 0.467 e. The molecule has 3 atom stereocenters. The van der Waals surface area contributed by atoms with E-state index < -0.39 is 36.2 Å². The van der Waals surface area contributed by atoms with Crippen molar-refractivity contribution < 1.29 is 29.0 Å². The molecule has 2 aromatic rings. The predicted molar refractivity (Wildman–Crippen MR) is 109 cm³/mol. The lowest BCUT2D eigenvalue weighted by atomic mass is 10.0. The van der Waals surface area contributed by atoms with Gasteiger partial charge < -0.3 is 25.2 Å². The summed E-state index contributed by atoms with van der Waals surface area (Å²) in [5.74, 6) is -1.43. The Morgan fingerprint density at radius 1 is 0.933 bits per heavy atom. The van der Waals surface area contributed by atoms with Gasteiger partial charge in [0.1, 0.15) is 12.6 Å². The highest BCUT2D eigenvalue weighted by Crippen LogP contribution is 2.07. The molecule has 0 fully saturated rings. The van der Waals surface area contributed by atoms with Crippen LogP contribution in [0.15, 0.2) is 60.7 Å². The second-order valence-corrected chi connectivity index (χ2v) is 6.70. The topological polar surface area (TPSA) is 114 Å². The molecule has 160 valence electrons. The Hall–Kier alpha value is -3.39. The fourth-order valence-electron chi connectivity index (χ4n) is 2.72. The third kappa shape index (κ3) is 7.21. The first-order valence-electron chi connectivity index (χ1n) is 9.48. The van der Waals surface area contributed by atoms with Crippen molar-refractivity contribution in [3.05, 3.63) is 71.8 Å². The number of aliphatic hydroxyl groups excluding tert-OH is 1. The SMILES string of the molecule is COC(=O)[C@H](NC(=O)[C@H](Cc1ccccc1)NC(=O)OCc1ccccc1)[C@H](C)O. The molecule has 0 aliphatic rings. The molecule has 2 rings (SSSR count). The highest BCUT2D eigenvalue weighted by molar-refractivity contribution is 5.90. The molecule has 0 saturated carbocycles. The van der Waals surface area contributed by atoms with E-state index in [4.69, 9.17) is 4.74 Å². The second-order valence-electron chi connectivity index (χ2n) is 6.70. The van der Waals surface area contributed by atoms with Crippen molar-refractivity contribution in [2.75, 3.05) is 7.11 Å². The van der Waals surface area contributed by atoms with E-state index >= 15 is 0 Å². The summed E-state index contributed by atoms with van der Waals surface area (Å²) in [6.07, 6.45) is -1.79. The fourth-order valence-corrected chi connectivity index (χ4v) is 2.72. The lowest BCUT2D eigenvalue weighted by Gasteiger charge is -2.23. The minimum absolute atomic E-state index is 0.0464. The molecular weight excluding hydrogens is 388 g/mol. The zero-order chi connectivity index (χ0) is 21.9. The smallest absolute Gasteiger partial charge is 0.408 e. The van der Waals surface area contributed by atoms with Crippen LogP contribution in [0.4, 0.5) is 4.79 Å². The zero-order valence-corrected chi connectivity index (χ0v) is 16.9. The Labute approximate surface area is 175 Å². The number of benzene rings is 2. The third-order valence-electron chi connectivity index (χ3n) is 4.34. The maximum absolute atomic E-state index is 12.8. The summed E-state index contributed by atoms with van der Waals surface area (Å²) in [4.78, 5) is 36.9. The molecule has 8 heteroatoms. The number of hydrogen-bond donors (Lipinski definition) is 3. The second kappa shape index (κ2) is 11.6. The number of methoxy groups -OCH3 is 1. The summed E-state index contributed by atoms with van der Waals surface area (Å²) < 4.78 is 9.81. The first-order valence-corrected chi connectivity index (χ1v) is 9.48. The zero-order valence-electron chi connectivity index (χ0n) is 16.9. The lowest BCUT2D eigenvalue weighted by molar-refractivity contribution is -0.148. The highest BCUT2D eigenvalue weighted by atomic mass is 16.5. The Balaban J connectivity index is 2.08. The number of rotatable bonds is 9. The number of alkyl carbamates (subject to hydrolysis) is 1. The number of amides is 2. The molecule has 3 N–H and O–H groups in total. The van der Waals surface area contributed by atoms with Gasteiger partial charge in [0.15, 0.2) is 6.04 Å². The number of esters is 1. The van der Waals surface area contributed by atoms with Crippen LogP contribution in [0.3, 0.4) is 0 Å². The number of hydrogen-bond acceptors (Lipinski definition) is 6. The van der Waals surface area contributed by atoms with E-state index in [1.165, 1.54) is 6.92 Å². The van der Waals surface area contributed by atoms with Crippen molar-refractivity contribution in [2.24, 2.45) is 0 Å². The van der Waals surface area contributed by atoms with E-state index in [9.17, 15) is 19.5 Å². The summed E-state index contributed by atoms with van der Waals surface area (Å²) >= 11 is 0. The number of nitrogens with one attached hydrogen (secondary N) is 2. The van der Waals surface area contributed by atoms with Crippen molar-refractivity contribution in [2.45, 2.75) is 38.1 Å². The van der Waals surface area contributed by atoms with Crippen LogP contribution in [-0.4, -0.2) is 48.4 Å². The van der Waals surface area contributed by atoms with E-state index in [1.54, 1.807) is 0 Å². The molecule has 0 bridgehead atoms. The Bertz CT molecular complexity index is 826. The molecule has 0 aromatic heterocycles. The Kier molecular flexibility index (Phi) is 8.83. The van der Waals surface area contributed by atoms with Crippen LogP contribution >= 0.6 is 0 Å². The van der Waals surface area contributed by atoms with Crippen LogP contribution in [0, 0.1) is 0 Å². The molecule has 0 saturated heterocycles. The minimum Gasteiger partial charge on any atom is -0.467 e. The van der Waals surface area contributed by atoms with Crippen LogP contribution in [-0.2, 0) is 32.1 Å². The van der Waals surface area contributed by atoms with Crippen LogP contribution < -0.4 is 10.6 Å². The van der Waals surface area contributed by atoms with Crippen molar-refractivity contribution in [3.63, 3.8) is 0 Å². The standard InChI is InChI=1S/C22H26N2O6/c1-15(25)19(21(27)29-2)24-20(26)18(13-16-9-5-3-6-10-16)23-22(28)30-14-17-11-7-4-8-12-17/h3-12,15,18-19,25H,13-14H2,1-2H3,(H,23,28)(H,24,26)/t15-,18-,19+/m0/s1. The quantitative estimate of drug-likeness (QED) is 0.537. The third-order valence-corrected chi connectivity index (χ3v) is 4.34. The van der Waals surface area contributed by atoms with Gasteiger partial charge in [-0.25, -0.2) is 9.59 Å². The van der Waals surface area contributed by atoms with Crippen molar-refractivity contribution in [1.29, 1.82) is 0 Å². The maximum atomic E-state index is 12.8. The van der Waals surface area contributed by atoms with E-state index in [0.717, 1.165) is 18.2 Å². The molecule has 0 spiro atoms. The molecule has 30 heavy (non-hydrogen) atoms. The van der Waals surface area contributed by atoms with E-state index in [0.29, 0.717) is 0 Å². The van der Waals surface area contributed by atoms with Crippen LogP contribution in [0.2, 0.25) is 0 Å². The molecule has 0 aliphatic heterocycles. The molecule has 0 radical (unpaired) electrons. The van der Waals surface area contributed by atoms with Gasteiger partial charge in [-0.15, -0.1) is 0 Å². The van der Waals surface area contributed by atoms with E-state index in [1.807, 2.05) is 60.7 Å². The van der Waals surface area contributed by atoms with Crippen LogP contribution in [0.5, 0.6) is 0 Å². The molecule has 2 aromatic carbocycles. The number of ether oxygens (including phenoxy) is 2. The van der Waals surface area contributed by atoms with Gasteiger partial charge in [-0.2, -0.15) is 0 Å². The Morgan fingerprint density at radius 2 is 1.50 bits per heavy atom. The summed E-state index contributed by atoms with van der Waals surface area (Å²) in [7, 11) is 1.16. The summed E-state index contributed by atoms with van der Waals surface area (Å²) in [6.45, 7) is 1.40. The minimum atomic E-state index is -1.26. The van der Waals surface area contributed by atoms with Crippen molar-refractivity contribution in [1.82, 2.24) is 10.6 Å².